The Morgan fingerprint density at radius 3 is 2.64 bits per heavy atom. The number of hydrogen-bond acceptors (Lipinski definition) is 4. The van der Waals surface area contributed by atoms with Crippen LogP contribution >= 0.6 is 24.0 Å². The number of amides is 1. The fraction of sp³-hybridized carbons (Fsp3) is 0.125. The molecule has 22 heavy (non-hydrogen) atoms. The molecule has 0 saturated carbocycles. The maximum absolute atomic E-state index is 12.3. The molecule has 1 aliphatic heterocycles. The zero-order valence-electron chi connectivity index (χ0n) is 11.9. The Kier molecular flexibility index (Phi) is 4.04. The van der Waals surface area contributed by atoms with E-state index in [-0.39, 0.29) is 11.7 Å². The lowest BCUT2D eigenvalue weighted by Gasteiger charge is -2.10. The molecule has 0 aliphatic carbocycles. The van der Waals surface area contributed by atoms with E-state index in [1.165, 1.54) is 11.8 Å². The summed E-state index contributed by atoms with van der Waals surface area (Å²) in [7, 11) is 0. The maximum atomic E-state index is 12.3. The van der Waals surface area contributed by atoms with Crippen molar-refractivity contribution in [2.45, 2.75) is 6.92 Å². The lowest BCUT2D eigenvalue weighted by Crippen LogP contribution is -2.27. The highest BCUT2D eigenvalue weighted by Crippen LogP contribution is 2.32. The number of thiocarbonyl (C=S) groups is 1. The molecule has 1 aliphatic rings. The van der Waals surface area contributed by atoms with Crippen LogP contribution in [-0.4, -0.2) is 31.3 Å². The van der Waals surface area contributed by atoms with Crippen LogP contribution in [-0.2, 0) is 4.79 Å². The van der Waals surface area contributed by atoms with E-state index in [1.54, 1.807) is 17.0 Å². The second-order valence-corrected chi connectivity index (χ2v) is 6.42. The third-order valence-electron chi connectivity index (χ3n) is 3.38. The highest BCUT2D eigenvalue weighted by atomic mass is 32.2. The van der Waals surface area contributed by atoms with Gasteiger partial charge in [0.2, 0.25) is 0 Å². The molecule has 3 rings (SSSR count). The lowest BCUT2D eigenvalue weighted by molar-refractivity contribution is -0.121. The average molecular weight is 330 g/mol. The lowest BCUT2D eigenvalue weighted by atomic mass is 10.3. The van der Waals surface area contributed by atoms with E-state index in [4.69, 9.17) is 12.2 Å². The van der Waals surface area contributed by atoms with Crippen LogP contribution in [0.15, 0.2) is 47.5 Å². The molecule has 4 nitrogen and oxygen atoms in total. The molecule has 0 radical (unpaired) electrons. The Labute approximate surface area is 138 Å². The van der Waals surface area contributed by atoms with Crippen molar-refractivity contribution in [3.8, 4) is 11.4 Å². The standard InChI is InChI=1S/C16H14N2O2S2/c1-2-17-15(20)14(22-16(17)21)10-12-4-3-9-18(12)11-5-7-13(19)8-6-11/h3-10,19H,2H2,1H3. The first-order chi connectivity index (χ1) is 10.6. The van der Waals surface area contributed by atoms with Crippen molar-refractivity contribution >= 4 is 40.3 Å². The topological polar surface area (TPSA) is 45.5 Å². The summed E-state index contributed by atoms with van der Waals surface area (Å²) in [5, 5.41) is 9.38. The van der Waals surface area contributed by atoms with Gasteiger partial charge in [0.25, 0.3) is 5.91 Å². The predicted octanol–water partition coefficient (Wildman–Crippen LogP) is 3.40. The van der Waals surface area contributed by atoms with E-state index in [2.05, 4.69) is 0 Å². The minimum absolute atomic E-state index is 0.0454. The highest BCUT2D eigenvalue weighted by molar-refractivity contribution is 8.26. The van der Waals surface area contributed by atoms with E-state index in [0.717, 1.165) is 11.4 Å². The zero-order chi connectivity index (χ0) is 15.7. The number of aromatic nitrogens is 1. The molecule has 2 aromatic rings. The summed E-state index contributed by atoms with van der Waals surface area (Å²) < 4.78 is 2.55. The number of likely N-dealkylation sites (N-methyl/N-ethyl adjacent to an activating group) is 1. The number of phenolic OH excluding ortho intramolecular Hbond substituents is 1. The van der Waals surface area contributed by atoms with Crippen LogP contribution in [0.5, 0.6) is 5.75 Å². The van der Waals surface area contributed by atoms with Crippen LogP contribution in [0.1, 0.15) is 12.6 Å². The Balaban J connectivity index is 1.96. The van der Waals surface area contributed by atoms with Gasteiger partial charge in [-0.2, -0.15) is 0 Å². The number of aromatic hydroxyl groups is 1. The van der Waals surface area contributed by atoms with Gasteiger partial charge in [0.15, 0.2) is 0 Å². The number of nitrogens with zero attached hydrogens (tertiary/aromatic N) is 2. The largest absolute Gasteiger partial charge is 0.508 e. The number of benzene rings is 1. The third-order valence-corrected chi connectivity index (χ3v) is 4.75. The summed E-state index contributed by atoms with van der Waals surface area (Å²) >= 11 is 6.55. The van der Waals surface area contributed by atoms with Crippen molar-refractivity contribution in [3.05, 3.63) is 53.2 Å². The number of carbonyl (C=O) groups is 1. The fourth-order valence-electron chi connectivity index (χ4n) is 2.27. The number of carbonyl (C=O) groups excluding carboxylic acids is 1. The predicted molar refractivity (Wildman–Crippen MR) is 93.0 cm³/mol. The summed E-state index contributed by atoms with van der Waals surface area (Å²) in [5.41, 5.74) is 1.81. The van der Waals surface area contributed by atoms with E-state index < -0.39 is 0 Å². The van der Waals surface area contributed by atoms with Gasteiger partial charge in [-0.25, -0.2) is 0 Å². The molecular weight excluding hydrogens is 316 g/mol. The summed E-state index contributed by atoms with van der Waals surface area (Å²) in [4.78, 5) is 14.5. The summed E-state index contributed by atoms with van der Waals surface area (Å²) in [6.07, 6.45) is 3.76. The molecule has 112 valence electrons. The van der Waals surface area contributed by atoms with Crippen LogP contribution in [0.25, 0.3) is 11.8 Å². The molecule has 0 unspecified atom stereocenters. The maximum Gasteiger partial charge on any atom is 0.266 e. The minimum atomic E-state index is -0.0454. The molecular formula is C16H14N2O2S2. The van der Waals surface area contributed by atoms with Crippen molar-refractivity contribution in [1.82, 2.24) is 9.47 Å². The molecule has 1 N–H and O–H groups in total. The first-order valence-electron chi connectivity index (χ1n) is 6.82. The quantitative estimate of drug-likeness (QED) is 0.692. The molecule has 0 spiro atoms. The summed E-state index contributed by atoms with van der Waals surface area (Å²) in [6, 6.07) is 10.8. The summed E-state index contributed by atoms with van der Waals surface area (Å²) in [5.74, 6) is 0.178. The smallest absolute Gasteiger partial charge is 0.266 e. The zero-order valence-corrected chi connectivity index (χ0v) is 13.5. The molecule has 1 saturated heterocycles. The van der Waals surface area contributed by atoms with Gasteiger partial charge >= 0.3 is 0 Å². The monoisotopic (exact) mass is 330 g/mol. The molecule has 1 aromatic carbocycles. The van der Waals surface area contributed by atoms with Crippen LogP contribution < -0.4 is 0 Å². The highest BCUT2D eigenvalue weighted by Gasteiger charge is 2.30. The molecule has 1 amide bonds. The van der Waals surface area contributed by atoms with Crippen molar-refractivity contribution in [3.63, 3.8) is 0 Å². The van der Waals surface area contributed by atoms with Gasteiger partial charge in [-0.3, -0.25) is 9.69 Å². The van der Waals surface area contributed by atoms with E-state index in [9.17, 15) is 9.90 Å². The Bertz CT molecular complexity index is 763. The van der Waals surface area contributed by atoms with Gasteiger partial charge < -0.3 is 9.67 Å². The average Bonchev–Trinajstić information content (AvgIpc) is 3.06. The van der Waals surface area contributed by atoms with E-state index >= 15 is 0 Å². The first kappa shape index (κ1) is 14.9. The van der Waals surface area contributed by atoms with Gasteiger partial charge in [0.05, 0.1) is 4.91 Å². The van der Waals surface area contributed by atoms with Crippen molar-refractivity contribution in [2.75, 3.05) is 6.54 Å². The third kappa shape index (κ3) is 2.67. The van der Waals surface area contributed by atoms with Gasteiger partial charge in [-0.15, -0.1) is 0 Å². The molecule has 1 aromatic heterocycles. The van der Waals surface area contributed by atoms with Crippen molar-refractivity contribution in [1.29, 1.82) is 0 Å². The number of thioether (sulfide) groups is 1. The first-order valence-corrected chi connectivity index (χ1v) is 8.04. The van der Waals surface area contributed by atoms with Crippen molar-refractivity contribution in [2.24, 2.45) is 0 Å². The van der Waals surface area contributed by atoms with Gasteiger partial charge in [0.1, 0.15) is 10.1 Å². The van der Waals surface area contributed by atoms with E-state index in [0.29, 0.717) is 15.8 Å². The number of phenols is 1. The van der Waals surface area contributed by atoms with E-state index in [1.807, 2.05) is 48.0 Å². The Hall–Kier alpha value is -2.05. The fourth-order valence-corrected chi connectivity index (χ4v) is 3.64. The molecule has 6 heteroatoms. The minimum Gasteiger partial charge on any atom is -0.508 e. The normalized spacial score (nSPS) is 16.8. The molecule has 0 bridgehead atoms. The number of hydrogen-bond donors (Lipinski definition) is 1. The van der Waals surface area contributed by atoms with Crippen LogP contribution in [0.4, 0.5) is 0 Å². The van der Waals surface area contributed by atoms with Crippen LogP contribution in [0.2, 0.25) is 0 Å². The molecule has 1 fully saturated rings. The second kappa shape index (κ2) is 5.98. The Morgan fingerprint density at radius 1 is 1.27 bits per heavy atom. The molecule has 0 atom stereocenters. The van der Waals surface area contributed by atoms with Gasteiger partial charge in [0, 0.05) is 24.1 Å². The van der Waals surface area contributed by atoms with Crippen molar-refractivity contribution < 1.29 is 9.90 Å². The summed E-state index contributed by atoms with van der Waals surface area (Å²) in [6.45, 7) is 2.49. The van der Waals surface area contributed by atoms with Gasteiger partial charge in [-0.05, 0) is 49.4 Å². The molecule has 2 heterocycles. The van der Waals surface area contributed by atoms with Crippen LogP contribution in [0, 0.1) is 0 Å². The SMILES string of the molecule is CCN1C(=O)C(=Cc2cccn2-c2ccc(O)cc2)SC1=S. The van der Waals surface area contributed by atoms with Gasteiger partial charge in [-0.1, -0.05) is 24.0 Å². The second-order valence-electron chi connectivity index (χ2n) is 4.75. The Morgan fingerprint density at radius 2 is 2.00 bits per heavy atom. The number of rotatable bonds is 3. The van der Waals surface area contributed by atoms with Crippen LogP contribution in [0.3, 0.4) is 0 Å².